The van der Waals surface area contributed by atoms with Crippen LogP contribution in [0.25, 0.3) is 0 Å². The van der Waals surface area contributed by atoms with Crippen molar-refractivity contribution in [2.24, 2.45) is 4.99 Å². The summed E-state index contributed by atoms with van der Waals surface area (Å²) in [7, 11) is 0. The second-order valence-electron chi connectivity index (χ2n) is 8.21. The molecule has 0 aliphatic rings. The number of aryl methyl sites for hydroxylation is 2. The Hall–Kier alpha value is -2.85. The van der Waals surface area contributed by atoms with E-state index in [0.717, 1.165) is 58.3 Å². The summed E-state index contributed by atoms with van der Waals surface area (Å²) in [6.07, 6.45) is 2.49. The Morgan fingerprint density at radius 1 is 1.16 bits per heavy atom. The molecule has 166 valence electrons. The SMILES string of the molecule is C=CCOC(C)(CC(=C)C)c1cccc(Oc2cc(C)c(NC(C)=NCC)cc2C)c1. The van der Waals surface area contributed by atoms with Gasteiger partial charge in [-0.1, -0.05) is 23.8 Å². The average Bonchev–Trinajstić information content (AvgIpc) is 2.70. The number of ether oxygens (including phenoxy) is 2. The predicted octanol–water partition coefficient (Wildman–Crippen LogP) is 7.33. The Bertz CT molecular complexity index is 962. The fourth-order valence-electron chi connectivity index (χ4n) is 3.58. The van der Waals surface area contributed by atoms with E-state index in [4.69, 9.17) is 9.47 Å². The molecule has 0 saturated carbocycles. The molecule has 4 nitrogen and oxygen atoms in total. The van der Waals surface area contributed by atoms with Gasteiger partial charge in [-0.05, 0) is 82.5 Å². The maximum atomic E-state index is 6.29. The lowest BCUT2D eigenvalue weighted by Crippen LogP contribution is -2.26. The number of benzene rings is 2. The van der Waals surface area contributed by atoms with Crippen LogP contribution in [-0.2, 0) is 10.3 Å². The van der Waals surface area contributed by atoms with Crippen molar-refractivity contribution < 1.29 is 9.47 Å². The summed E-state index contributed by atoms with van der Waals surface area (Å²) in [4.78, 5) is 4.41. The van der Waals surface area contributed by atoms with Crippen molar-refractivity contribution in [1.29, 1.82) is 0 Å². The second kappa shape index (κ2) is 11.0. The molecule has 0 heterocycles. The second-order valence-corrected chi connectivity index (χ2v) is 8.21. The van der Waals surface area contributed by atoms with Crippen LogP contribution in [0.15, 0.2) is 66.2 Å². The lowest BCUT2D eigenvalue weighted by molar-refractivity contribution is -0.0202. The van der Waals surface area contributed by atoms with E-state index >= 15 is 0 Å². The van der Waals surface area contributed by atoms with Gasteiger partial charge in [0.1, 0.15) is 11.5 Å². The van der Waals surface area contributed by atoms with E-state index in [2.05, 4.69) is 62.4 Å². The smallest absolute Gasteiger partial charge is 0.130 e. The van der Waals surface area contributed by atoms with Crippen molar-refractivity contribution in [3.8, 4) is 11.5 Å². The van der Waals surface area contributed by atoms with Gasteiger partial charge in [0, 0.05) is 18.7 Å². The minimum Gasteiger partial charge on any atom is -0.457 e. The van der Waals surface area contributed by atoms with Gasteiger partial charge in [0.25, 0.3) is 0 Å². The molecule has 0 aromatic heterocycles. The van der Waals surface area contributed by atoms with Crippen LogP contribution in [0.4, 0.5) is 5.69 Å². The van der Waals surface area contributed by atoms with Crippen molar-refractivity contribution in [3.63, 3.8) is 0 Å². The fraction of sp³-hybridized carbons (Fsp3) is 0.370. The fourth-order valence-corrected chi connectivity index (χ4v) is 3.58. The zero-order chi connectivity index (χ0) is 23.0. The van der Waals surface area contributed by atoms with Gasteiger partial charge in [-0.2, -0.15) is 0 Å². The Morgan fingerprint density at radius 3 is 2.55 bits per heavy atom. The number of aliphatic imine (C=N–C) groups is 1. The molecule has 0 aliphatic carbocycles. The summed E-state index contributed by atoms with van der Waals surface area (Å²) in [6.45, 7) is 21.3. The van der Waals surface area contributed by atoms with E-state index in [1.807, 2.05) is 39.0 Å². The molecule has 1 atom stereocenters. The molecule has 31 heavy (non-hydrogen) atoms. The lowest BCUT2D eigenvalue weighted by Gasteiger charge is -2.31. The van der Waals surface area contributed by atoms with E-state index in [0.29, 0.717) is 6.61 Å². The van der Waals surface area contributed by atoms with Gasteiger partial charge in [-0.3, -0.25) is 4.99 Å². The molecule has 0 radical (unpaired) electrons. The van der Waals surface area contributed by atoms with Crippen molar-refractivity contribution >= 4 is 11.5 Å². The maximum Gasteiger partial charge on any atom is 0.130 e. The largest absolute Gasteiger partial charge is 0.457 e. The van der Waals surface area contributed by atoms with Crippen LogP contribution < -0.4 is 10.1 Å². The normalized spacial score (nSPS) is 13.4. The summed E-state index contributed by atoms with van der Waals surface area (Å²) < 4.78 is 12.4. The number of hydrogen-bond donors (Lipinski definition) is 1. The molecule has 0 saturated heterocycles. The summed E-state index contributed by atoms with van der Waals surface area (Å²) >= 11 is 0. The van der Waals surface area contributed by atoms with Gasteiger partial charge in [-0.15, -0.1) is 13.2 Å². The molecule has 2 aromatic carbocycles. The van der Waals surface area contributed by atoms with Gasteiger partial charge in [-0.25, -0.2) is 0 Å². The molecule has 0 bridgehead atoms. The number of anilines is 1. The molecule has 0 fully saturated rings. The highest BCUT2D eigenvalue weighted by Gasteiger charge is 2.28. The number of nitrogens with one attached hydrogen (secondary N) is 1. The number of amidine groups is 1. The molecule has 2 aromatic rings. The predicted molar refractivity (Wildman–Crippen MR) is 133 cm³/mol. The minimum absolute atomic E-state index is 0.475. The highest BCUT2D eigenvalue weighted by atomic mass is 16.5. The Kier molecular flexibility index (Phi) is 8.64. The van der Waals surface area contributed by atoms with Crippen LogP contribution in [0.2, 0.25) is 0 Å². The van der Waals surface area contributed by atoms with Crippen LogP contribution in [0, 0.1) is 13.8 Å². The van der Waals surface area contributed by atoms with Gasteiger partial charge in [0.2, 0.25) is 0 Å². The molecular weight excluding hydrogens is 384 g/mol. The zero-order valence-corrected chi connectivity index (χ0v) is 19.8. The van der Waals surface area contributed by atoms with Crippen LogP contribution >= 0.6 is 0 Å². The minimum atomic E-state index is -0.492. The van der Waals surface area contributed by atoms with E-state index in [1.54, 1.807) is 6.08 Å². The maximum absolute atomic E-state index is 6.29. The Morgan fingerprint density at radius 2 is 1.90 bits per heavy atom. The van der Waals surface area contributed by atoms with Gasteiger partial charge >= 0.3 is 0 Å². The first-order valence-corrected chi connectivity index (χ1v) is 10.8. The number of nitrogens with zero attached hydrogens (tertiary/aromatic N) is 1. The van der Waals surface area contributed by atoms with Crippen LogP contribution in [0.3, 0.4) is 0 Å². The first-order chi connectivity index (χ1) is 14.7. The molecule has 4 heteroatoms. The average molecular weight is 421 g/mol. The summed E-state index contributed by atoms with van der Waals surface area (Å²) in [5.41, 5.74) is 4.82. The topological polar surface area (TPSA) is 42.9 Å². The molecule has 1 N–H and O–H groups in total. The monoisotopic (exact) mass is 420 g/mol. The third kappa shape index (κ3) is 6.83. The van der Waals surface area contributed by atoms with E-state index in [1.165, 1.54) is 0 Å². The molecular formula is C27H36N2O2. The van der Waals surface area contributed by atoms with Crippen molar-refractivity contribution in [2.75, 3.05) is 18.5 Å². The van der Waals surface area contributed by atoms with Gasteiger partial charge in [0.05, 0.1) is 18.0 Å². The van der Waals surface area contributed by atoms with Crippen molar-refractivity contribution in [2.45, 2.75) is 53.6 Å². The molecule has 0 amide bonds. The first-order valence-electron chi connectivity index (χ1n) is 10.8. The third-order valence-corrected chi connectivity index (χ3v) is 5.06. The van der Waals surface area contributed by atoms with Crippen LogP contribution in [0.5, 0.6) is 11.5 Å². The molecule has 0 aliphatic heterocycles. The molecule has 2 rings (SSSR count). The lowest BCUT2D eigenvalue weighted by atomic mass is 9.89. The highest BCUT2D eigenvalue weighted by Crippen LogP contribution is 2.36. The van der Waals surface area contributed by atoms with Gasteiger partial charge in [0.15, 0.2) is 0 Å². The third-order valence-electron chi connectivity index (χ3n) is 5.06. The van der Waals surface area contributed by atoms with Crippen LogP contribution in [0.1, 0.15) is 50.8 Å². The first kappa shape index (κ1) is 24.4. The summed E-state index contributed by atoms with van der Waals surface area (Å²) in [5.74, 6) is 2.51. The number of rotatable bonds is 10. The Labute approximate surface area is 187 Å². The van der Waals surface area contributed by atoms with E-state index in [-0.39, 0.29) is 0 Å². The van der Waals surface area contributed by atoms with Gasteiger partial charge < -0.3 is 14.8 Å². The summed E-state index contributed by atoms with van der Waals surface area (Å²) in [5, 5.41) is 3.37. The standard InChI is InChI=1S/C27H36N2O2/c1-9-14-30-27(8,18-19(3)4)23-12-11-13-24(17-23)31-26-16-20(5)25(15-21(26)6)29-22(7)28-10-2/h9,11-13,15-17H,1,3,10,14,18H2,2,4-8H3,(H,28,29). The van der Waals surface area contributed by atoms with E-state index in [9.17, 15) is 0 Å². The zero-order valence-electron chi connectivity index (χ0n) is 19.8. The molecule has 0 spiro atoms. The van der Waals surface area contributed by atoms with Crippen LogP contribution in [-0.4, -0.2) is 19.0 Å². The van der Waals surface area contributed by atoms with Crippen molar-refractivity contribution in [1.82, 2.24) is 0 Å². The number of hydrogen-bond acceptors (Lipinski definition) is 3. The Balaban J connectivity index is 2.31. The summed E-state index contributed by atoms with van der Waals surface area (Å²) in [6, 6.07) is 12.2. The molecule has 1 unspecified atom stereocenters. The van der Waals surface area contributed by atoms with E-state index < -0.39 is 5.60 Å². The highest BCUT2D eigenvalue weighted by molar-refractivity contribution is 5.94. The van der Waals surface area contributed by atoms with Crippen molar-refractivity contribution in [3.05, 3.63) is 77.9 Å². The quantitative estimate of drug-likeness (QED) is 0.248.